The summed E-state index contributed by atoms with van der Waals surface area (Å²) in [5.74, 6) is -0.160. The van der Waals surface area contributed by atoms with Crippen LogP contribution in [0.3, 0.4) is 0 Å². The summed E-state index contributed by atoms with van der Waals surface area (Å²) in [6, 6.07) is 13.7. The fourth-order valence-corrected chi connectivity index (χ4v) is 2.95. The second-order valence-corrected chi connectivity index (χ2v) is 6.90. The van der Waals surface area contributed by atoms with Crippen molar-refractivity contribution < 1.29 is 9.59 Å². The largest absolute Gasteiger partial charge is 0.356 e. The number of nitrogens with one attached hydrogen (secondary N) is 2. The van der Waals surface area contributed by atoms with Gasteiger partial charge in [-0.2, -0.15) is 0 Å². The molecule has 0 heterocycles. The van der Waals surface area contributed by atoms with Crippen molar-refractivity contribution in [2.45, 2.75) is 18.9 Å². The third-order valence-corrected chi connectivity index (χ3v) is 4.35. The highest BCUT2D eigenvalue weighted by Gasteiger charge is 2.17. The van der Waals surface area contributed by atoms with Gasteiger partial charge in [-0.05, 0) is 41.8 Å². The lowest BCUT2D eigenvalue weighted by Crippen LogP contribution is -2.37. The van der Waals surface area contributed by atoms with E-state index in [0.29, 0.717) is 18.0 Å². The van der Waals surface area contributed by atoms with Crippen LogP contribution < -0.4 is 16.4 Å². The Bertz CT molecular complexity index is 737. The minimum Gasteiger partial charge on any atom is -0.356 e. The molecule has 132 valence electrons. The van der Waals surface area contributed by atoms with Gasteiger partial charge < -0.3 is 16.4 Å². The molecular weight excluding hydrogens is 406 g/mol. The number of rotatable bonds is 7. The van der Waals surface area contributed by atoms with Crippen LogP contribution in [0.1, 0.15) is 23.6 Å². The average molecular weight is 425 g/mol. The van der Waals surface area contributed by atoms with E-state index in [2.05, 4.69) is 26.6 Å². The van der Waals surface area contributed by atoms with E-state index in [1.54, 1.807) is 0 Å². The number of primary amides is 1. The van der Waals surface area contributed by atoms with Crippen molar-refractivity contribution in [1.82, 2.24) is 10.6 Å². The number of urea groups is 1. The Balaban J connectivity index is 1.90. The van der Waals surface area contributed by atoms with Gasteiger partial charge in [-0.25, -0.2) is 4.79 Å². The van der Waals surface area contributed by atoms with Crippen LogP contribution in [0, 0.1) is 0 Å². The van der Waals surface area contributed by atoms with Crippen LogP contribution in [0.5, 0.6) is 0 Å². The normalized spacial score (nSPS) is 11.6. The van der Waals surface area contributed by atoms with E-state index in [1.165, 1.54) is 0 Å². The van der Waals surface area contributed by atoms with Gasteiger partial charge >= 0.3 is 6.03 Å². The third kappa shape index (κ3) is 6.76. The van der Waals surface area contributed by atoms with Gasteiger partial charge in [-0.3, -0.25) is 4.79 Å². The van der Waals surface area contributed by atoms with E-state index in [1.807, 2.05) is 48.5 Å². The Morgan fingerprint density at radius 2 is 1.88 bits per heavy atom. The van der Waals surface area contributed by atoms with Gasteiger partial charge in [0.2, 0.25) is 5.91 Å². The fourth-order valence-electron chi connectivity index (χ4n) is 2.40. The molecular formula is C18H19BrClN3O2. The summed E-state index contributed by atoms with van der Waals surface area (Å²) in [6.07, 6.45) is 0.813. The monoisotopic (exact) mass is 423 g/mol. The molecule has 1 unspecified atom stereocenters. The number of carbonyl (C=O) groups excluding carboxylic acids is 2. The molecule has 0 saturated carbocycles. The Morgan fingerprint density at radius 3 is 2.52 bits per heavy atom. The summed E-state index contributed by atoms with van der Waals surface area (Å²) >= 11 is 9.23. The summed E-state index contributed by atoms with van der Waals surface area (Å²) in [5, 5.41) is 6.15. The smallest absolute Gasteiger partial charge is 0.312 e. The van der Waals surface area contributed by atoms with Gasteiger partial charge in [0.1, 0.15) is 0 Å². The Hall–Kier alpha value is -2.05. The number of carbonyl (C=O) groups is 2. The molecule has 0 aliphatic rings. The van der Waals surface area contributed by atoms with Crippen molar-refractivity contribution in [2.75, 3.05) is 6.54 Å². The second-order valence-electron chi connectivity index (χ2n) is 5.55. The maximum absolute atomic E-state index is 12.2. The van der Waals surface area contributed by atoms with Crippen LogP contribution in [0.2, 0.25) is 5.02 Å². The molecule has 2 aromatic rings. The van der Waals surface area contributed by atoms with Crippen LogP contribution in [0.15, 0.2) is 53.0 Å². The van der Waals surface area contributed by atoms with E-state index in [0.717, 1.165) is 15.6 Å². The molecule has 25 heavy (non-hydrogen) atoms. The molecule has 0 aromatic heterocycles. The van der Waals surface area contributed by atoms with Gasteiger partial charge in [0.25, 0.3) is 0 Å². The molecule has 0 fully saturated rings. The summed E-state index contributed by atoms with van der Waals surface area (Å²) < 4.78 is 0.865. The zero-order chi connectivity index (χ0) is 18.2. The van der Waals surface area contributed by atoms with E-state index < -0.39 is 12.1 Å². The fraction of sp³-hybridized carbons (Fsp3) is 0.222. The van der Waals surface area contributed by atoms with Crippen molar-refractivity contribution >= 4 is 39.5 Å². The number of hydrogen-bond acceptors (Lipinski definition) is 2. The molecule has 5 nitrogen and oxygen atoms in total. The lowest BCUT2D eigenvalue weighted by molar-refractivity contribution is -0.121. The van der Waals surface area contributed by atoms with E-state index in [4.69, 9.17) is 17.3 Å². The highest BCUT2D eigenvalue weighted by Crippen LogP contribution is 2.21. The first-order chi connectivity index (χ1) is 11.9. The van der Waals surface area contributed by atoms with E-state index in [9.17, 15) is 9.59 Å². The molecule has 1 atom stereocenters. The predicted molar refractivity (Wildman–Crippen MR) is 102 cm³/mol. The molecule has 0 radical (unpaired) electrons. The minimum atomic E-state index is -0.668. The van der Waals surface area contributed by atoms with Crippen LogP contribution in [-0.2, 0) is 11.2 Å². The van der Waals surface area contributed by atoms with E-state index in [-0.39, 0.29) is 12.3 Å². The Labute approximate surface area is 160 Å². The van der Waals surface area contributed by atoms with Crippen LogP contribution in [-0.4, -0.2) is 18.5 Å². The van der Waals surface area contributed by atoms with Gasteiger partial charge in [0, 0.05) is 16.0 Å². The predicted octanol–water partition coefficient (Wildman–Crippen LogP) is 3.56. The topological polar surface area (TPSA) is 84.2 Å². The standard InChI is InChI=1S/C18H19BrClN3O2/c19-14-3-1-2-13(10-14)16(23-18(21)25)11-17(24)22-9-8-12-4-6-15(20)7-5-12/h1-7,10,16H,8-9,11H2,(H,22,24)(H3,21,23,25). The summed E-state index contributed by atoms with van der Waals surface area (Å²) in [4.78, 5) is 23.4. The second kappa shape index (κ2) is 9.44. The summed E-state index contributed by atoms with van der Waals surface area (Å²) in [6.45, 7) is 0.502. The van der Waals surface area contributed by atoms with Gasteiger partial charge in [0.15, 0.2) is 0 Å². The molecule has 0 spiro atoms. The van der Waals surface area contributed by atoms with E-state index >= 15 is 0 Å². The van der Waals surface area contributed by atoms with Crippen molar-refractivity contribution in [3.8, 4) is 0 Å². The average Bonchev–Trinajstić information content (AvgIpc) is 2.56. The van der Waals surface area contributed by atoms with Gasteiger partial charge in [0.05, 0.1) is 12.5 Å². The molecule has 0 saturated heterocycles. The number of nitrogens with two attached hydrogens (primary N) is 1. The molecule has 0 aliphatic heterocycles. The zero-order valence-corrected chi connectivity index (χ0v) is 15.8. The zero-order valence-electron chi connectivity index (χ0n) is 13.5. The van der Waals surface area contributed by atoms with Crippen molar-refractivity contribution in [3.05, 3.63) is 69.2 Å². The third-order valence-electron chi connectivity index (χ3n) is 3.61. The lowest BCUT2D eigenvalue weighted by atomic mass is 10.0. The Kier molecular flexibility index (Phi) is 7.28. The molecule has 0 aliphatic carbocycles. The van der Waals surface area contributed by atoms with Crippen LogP contribution >= 0.6 is 27.5 Å². The first-order valence-electron chi connectivity index (χ1n) is 7.76. The highest BCUT2D eigenvalue weighted by atomic mass is 79.9. The highest BCUT2D eigenvalue weighted by molar-refractivity contribution is 9.10. The first kappa shape index (κ1) is 19.3. The quantitative estimate of drug-likeness (QED) is 0.635. The molecule has 3 amide bonds. The molecule has 7 heteroatoms. The summed E-state index contributed by atoms with van der Waals surface area (Å²) in [7, 11) is 0. The maximum Gasteiger partial charge on any atom is 0.312 e. The Morgan fingerprint density at radius 1 is 1.16 bits per heavy atom. The van der Waals surface area contributed by atoms with Gasteiger partial charge in [-0.1, -0.05) is 51.8 Å². The summed E-state index contributed by atoms with van der Waals surface area (Å²) in [5.41, 5.74) is 7.12. The van der Waals surface area contributed by atoms with Crippen molar-refractivity contribution in [2.24, 2.45) is 5.73 Å². The minimum absolute atomic E-state index is 0.111. The number of benzene rings is 2. The van der Waals surface area contributed by atoms with Crippen molar-refractivity contribution in [1.29, 1.82) is 0 Å². The molecule has 4 N–H and O–H groups in total. The number of amides is 3. The van der Waals surface area contributed by atoms with Crippen molar-refractivity contribution in [3.63, 3.8) is 0 Å². The molecule has 0 bridgehead atoms. The first-order valence-corrected chi connectivity index (χ1v) is 8.93. The molecule has 2 rings (SSSR count). The number of halogens is 2. The molecule has 2 aromatic carbocycles. The van der Waals surface area contributed by atoms with Gasteiger partial charge in [-0.15, -0.1) is 0 Å². The van der Waals surface area contributed by atoms with Crippen LogP contribution in [0.4, 0.5) is 4.79 Å². The number of hydrogen-bond donors (Lipinski definition) is 3. The maximum atomic E-state index is 12.2. The van der Waals surface area contributed by atoms with Crippen LogP contribution in [0.25, 0.3) is 0 Å². The SMILES string of the molecule is NC(=O)NC(CC(=O)NCCc1ccc(Cl)cc1)c1cccc(Br)c1. The lowest BCUT2D eigenvalue weighted by Gasteiger charge is -2.18.